The molecule has 0 fully saturated rings. The van der Waals surface area contributed by atoms with Gasteiger partial charge in [0.05, 0.1) is 6.42 Å². The number of esters is 2. The molecule has 3 atom stereocenters. The average Bonchev–Trinajstić information content (AvgIpc) is 2.49. The van der Waals surface area contributed by atoms with Crippen LogP contribution < -0.4 is 16.4 Å². The van der Waals surface area contributed by atoms with Crippen LogP contribution in [0.4, 0.5) is 0 Å². The van der Waals surface area contributed by atoms with Crippen molar-refractivity contribution in [2.45, 2.75) is 77.3 Å². The minimum atomic E-state index is -1.29. The van der Waals surface area contributed by atoms with Crippen molar-refractivity contribution in [3.63, 3.8) is 0 Å². The van der Waals surface area contributed by atoms with Crippen molar-refractivity contribution in [1.82, 2.24) is 10.6 Å². The van der Waals surface area contributed by atoms with Gasteiger partial charge in [-0.05, 0) is 41.5 Å². The van der Waals surface area contributed by atoms with Gasteiger partial charge in [0.15, 0.2) is 0 Å². The molecule has 0 heterocycles. The molecule has 0 bridgehead atoms. The average molecular weight is 419 g/mol. The molecule has 6 N–H and O–H groups in total. The summed E-state index contributed by atoms with van der Waals surface area (Å²) in [5.41, 5.74) is 3.78. The highest BCUT2D eigenvalue weighted by molar-refractivity contribution is 5.83. The lowest BCUT2D eigenvalue weighted by Crippen LogP contribution is -2.53. The number of carbonyl (C=O) groups excluding carboxylic acids is 2. The molecule has 0 amide bonds. The van der Waals surface area contributed by atoms with Crippen LogP contribution in [0.2, 0.25) is 0 Å². The van der Waals surface area contributed by atoms with Crippen molar-refractivity contribution in [1.29, 1.82) is 0 Å². The standard InChI is InChI=1S/C18H33N3O8/c1-17(2,3)28-13(22)7-11(16(27)29-18(4,5)6)21-9-12(15(25)26)20-8-10(19)14(23)24/h10-12,20-21H,7-9,19H2,1-6H3,(H,23,24)(H,25,26)/t10?,11?,12-/m0/s1. The smallest absolute Gasteiger partial charge is 0.324 e. The van der Waals surface area contributed by atoms with Gasteiger partial charge < -0.3 is 36.1 Å². The summed E-state index contributed by atoms with van der Waals surface area (Å²) < 4.78 is 10.5. The van der Waals surface area contributed by atoms with Crippen molar-refractivity contribution in [3.8, 4) is 0 Å². The Bertz CT molecular complexity index is 595. The molecule has 0 rings (SSSR count). The van der Waals surface area contributed by atoms with E-state index < -0.39 is 53.2 Å². The molecule has 0 aromatic carbocycles. The molecule has 0 radical (unpaired) electrons. The number of rotatable bonds is 11. The van der Waals surface area contributed by atoms with E-state index in [9.17, 15) is 24.3 Å². The minimum absolute atomic E-state index is 0.283. The van der Waals surface area contributed by atoms with Crippen molar-refractivity contribution in [3.05, 3.63) is 0 Å². The van der Waals surface area contributed by atoms with Crippen LogP contribution in [0.5, 0.6) is 0 Å². The maximum atomic E-state index is 12.4. The lowest BCUT2D eigenvalue weighted by Gasteiger charge is -2.26. The summed E-state index contributed by atoms with van der Waals surface area (Å²) in [5, 5.41) is 23.3. The monoisotopic (exact) mass is 419 g/mol. The first-order chi connectivity index (χ1) is 13.0. The Kier molecular flexibility index (Phi) is 10.2. The Balaban J connectivity index is 5.15. The molecule has 0 aromatic heterocycles. The Labute approximate surface area is 170 Å². The lowest BCUT2D eigenvalue weighted by molar-refractivity contribution is -0.164. The van der Waals surface area contributed by atoms with E-state index >= 15 is 0 Å². The second-order valence-corrected chi connectivity index (χ2v) is 8.53. The zero-order chi connectivity index (χ0) is 23.0. The van der Waals surface area contributed by atoms with Crippen LogP contribution in [0, 0.1) is 0 Å². The number of hydrogen-bond acceptors (Lipinski definition) is 9. The molecule has 0 saturated heterocycles. The number of carboxylic acid groups (broad SMARTS) is 2. The molecule has 2 unspecified atom stereocenters. The predicted octanol–water partition coefficient (Wildman–Crippen LogP) is -0.527. The molecule has 0 saturated carbocycles. The van der Waals surface area contributed by atoms with Crippen LogP contribution in [0.25, 0.3) is 0 Å². The second-order valence-electron chi connectivity index (χ2n) is 8.53. The van der Waals surface area contributed by atoms with Gasteiger partial charge in [0.25, 0.3) is 0 Å². The van der Waals surface area contributed by atoms with Gasteiger partial charge in [0.2, 0.25) is 0 Å². The third kappa shape index (κ3) is 12.8. The maximum absolute atomic E-state index is 12.4. The summed E-state index contributed by atoms with van der Waals surface area (Å²) in [6.45, 7) is 9.43. The highest BCUT2D eigenvalue weighted by atomic mass is 16.6. The van der Waals surface area contributed by atoms with Crippen LogP contribution in [-0.4, -0.2) is 76.5 Å². The fraction of sp³-hybridized carbons (Fsp3) is 0.778. The van der Waals surface area contributed by atoms with E-state index in [2.05, 4.69) is 10.6 Å². The SMILES string of the molecule is CC(C)(C)OC(=O)CC(NC[C@H](NCC(N)C(=O)O)C(=O)O)C(=O)OC(C)(C)C. The summed E-state index contributed by atoms with van der Waals surface area (Å²) in [5.74, 6) is -3.97. The van der Waals surface area contributed by atoms with Gasteiger partial charge in [-0.3, -0.25) is 19.2 Å². The first-order valence-corrected chi connectivity index (χ1v) is 9.14. The number of nitrogens with one attached hydrogen (secondary N) is 2. The van der Waals surface area contributed by atoms with Crippen LogP contribution in [0.1, 0.15) is 48.0 Å². The van der Waals surface area contributed by atoms with Crippen LogP contribution in [0.15, 0.2) is 0 Å². The van der Waals surface area contributed by atoms with Gasteiger partial charge in [0.1, 0.15) is 29.3 Å². The van der Waals surface area contributed by atoms with Crippen molar-refractivity contribution >= 4 is 23.9 Å². The zero-order valence-corrected chi connectivity index (χ0v) is 17.8. The van der Waals surface area contributed by atoms with Crippen LogP contribution >= 0.6 is 0 Å². The third-order valence-corrected chi connectivity index (χ3v) is 3.25. The lowest BCUT2D eigenvalue weighted by atomic mass is 10.1. The Hall–Kier alpha value is -2.24. The minimum Gasteiger partial charge on any atom is -0.480 e. The number of nitrogens with two attached hydrogens (primary N) is 1. The molecule has 11 heteroatoms. The normalized spacial score (nSPS) is 15.1. The number of carboxylic acids is 2. The first-order valence-electron chi connectivity index (χ1n) is 9.14. The van der Waals surface area contributed by atoms with Gasteiger partial charge in [-0.2, -0.15) is 0 Å². The molecule has 0 spiro atoms. The second kappa shape index (κ2) is 11.1. The number of hydrogen-bond donors (Lipinski definition) is 5. The number of aliphatic carboxylic acids is 2. The summed E-state index contributed by atoms with van der Waals surface area (Å²) in [6.07, 6.45) is -0.368. The van der Waals surface area contributed by atoms with E-state index in [1.807, 2.05) is 0 Å². The van der Waals surface area contributed by atoms with Crippen molar-refractivity contribution in [2.24, 2.45) is 5.73 Å². The third-order valence-electron chi connectivity index (χ3n) is 3.25. The van der Waals surface area contributed by atoms with E-state index in [0.717, 1.165) is 0 Å². The van der Waals surface area contributed by atoms with Gasteiger partial charge in [-0.15, -0.1) is 0 Å². The quantitative estimate of drug-likeness (QED) is 0.272. The molecule has 0 aliphatic carbocycles. The molecule has 0 aliphatic rings. The zero-order valence-electron chi connectivity index (χ0n) is 17.8. The van der Waals surface area contributed by atoms with Crippen molar-refractivity contribution in [2.75, 3.05) is 13.1 Å². The number of ether oxygens (including phenoxy) is 2. The molecule has 0 aromatic rings. The summed E-state index contributed by atoms with van der Waals surface area (Å²) >= 11 is 0. The van der Waals surface area contributed by atoms with E-state index in [1.165, 1.54) is 0 Å². The Morgan fingerprint density at radius 3 is 1.72 bits per heavy atom. The van der Waals surface area contributed by atoms with Crippen LogP contribution in [-0.2, 0) is 28.7 Å². The van der Waals surface area contributed by atoms with Gasteiger partial charge in [-0.1, -0.05) is 0 Å². The maximum Gasteiger partial charge on any atom is 0.324 e. The summed E-state index contributed by atoms with van der Waals surface area (Å²) in [7, 11) is 0. The van der Waals surface area contributed by atoms with E-state index in [0.29, 0.717) is 0 Å². The van der Waals surface area contributed by atoms with E-state index in [4.69, 9.17) is 20.3 Å². The van der Waals surface area contributed by atoms with Gasteiger partial charge in [0, 0.05) is 13.1 Å². The molecular formula is C18H33N3O8. The molecule has 29 heavy (non-hydrogen) atoms. The van der Waals surface area contributed by atoms with E-state index in [1.54, 1.807) is 41.5 Å². The van der Waals surface area contributed by atoms with Gasteiger partial charge in [-0.25, -0.2) is 0 Å². The predicted molar refractivity (Wildman–Crippen MR) is 103 cm³/mol. The first kappa shape index (κ1) is 26.8. The topological polar surface area (TPSA) is 177 Å². The highest BCUT2D eigenvalue weighted by Crippen LogP contribution is 2.13. The Morgan fingerprint density at radius 1 is 0.828 bits per heavy atom. The summed E-state index contributed by atoms with van der Waals surface area (Å²) in [6, 6.07) is -3.69. The fourth-order valence-electron chi connectivity index (χ4n) is 2.03. The molecule has 11 nitrogen and oxygen atoms in total. The van der Waals surface area contributed by atoms with Gasteiger partial charge >= 0.3 is 23.9 Å². The van der Waals surface area contributed by atoms with Crippen LogP contribution in [0.3, 0.4) is 0 Å². The highest BCUT2D eigenvalue weighted by Gasteiger charge is 2.31. The van der Waals surface area contributed by atoms with Crippen molar-refractivity contribution < 1.29 is 38.9 Å². The molecule has 168 valence electrons. The molecule has 0 aliphatic heterocycles. The largest absolute Gasteiger partial charge is 0.480 e. The summed E-state index contributed by atoms with van der Waals surface area (Å²) in [4.78, 5) is 46.7. The Morgan fingerprint density at radius 2 is 1.31 bits per heavy atom. The van der Waals surface area contributed by atoms with E-state index in [-0.39, 0.29) is 19.5 Å². The fourth-order valence-corrected chi connectivity index (χ4v) is 2.03. The molecular weight excluding hydrogens is 386 g/mol. The number of carbonyl (C=O) groups is 4.